The van der Waals surface area contributed by atoms with E-state index < -0.39 is 6.09 Å². The molecule has 2 fully saturated rings. The number of hydrogen-bond donors (Lipinski definition) is 2. The van der Waals surface area contributed by atoms with Crippen molar-refractivity contribution >= 4 is 17.9 Å². The smallest absolute Gasteiger partial charge is 0.407 e. The summed E-state index contributed by atoms with van der Waals surface area (Å²) in [5.74, 6) is 1.28. The Hall–Kier alpha value is -2.05. The van der Waals surface area contributed by atoms with Gasteiger partial charge in [-0.1, -0.05) is 19.3 Å². The molecule has 136 valence electrons. The predicted octanol–water partition coefficient (Wildman–Crippen LogP) is 2.30. The van der Waals surface area contributed by atoms with E-state index in [1.165, 1.54) is 49.0 Å². The van der Waals surface area contributed by atoms with Crippen molar-refractivity contribution in [2.75, 3.05) is 30.8 Å². The van der Waals surface area contributed by atoms with E-state index in [-0.39, 0.29) is 6.04 Å². The zero-order chi connectivity index (χ0) is 17.6. The molecule has 1 saturated heterocycles. The first kappa shape index (κ1) is 16.4. The summed E-state index contributed by atoms with van der Waals surface area (Å²) in [4.78, 5) is 23.7. The summed E-state index contributed by atoms with van der Waals surface area (Å²) in [5, 5.41) is 9.11. The largest absolute Gasteiger partial charge is 0.465 e. The van der Waals surface area contributed by atoms with Crippen LogP contribution in [0, 0.1) is 5.41 Å². The zero-order valence-electron chi connectivity index (χ0n) is 14.9. The van der Waals surface area contributed by atoms with Crippen molar-refractivity contribution in [1.29, 1.82) is 0 Å². The van der Waals surface area contributed by atoms with Gasteiger partial charge in [-0.05, 0) is 37.5 Å². The maximum Gasteiger partial charge on any atom is 0.407 e. The van der Waals surface area contributed by atoms with Gasteiger partial charge in [-0.25, -0.2) is 9.78 Å². The second-order valence-electron chi connectivity index (χ2n) is 8.02. The van der Waals surface area contributed by atoms with E-state index >= 15 is 0 Å². The Morgan fingerprint density at radius 3 is 2.64 bits per heavy atom. The highest BCUT2D eigenvalue weighted by Crippen LogP contribution is 2.47. The molecule has 25 heavy (non-hydrogen) atoms. The van der Waals surface area contributed by atoms with Crippen LogP contribution in [0.15, 0.2) is 0 Å². The second kappa shape index (κ2) is 6.04. The molecule has 1 aliphatic heterocycles. The van der Waals surface area contributed by atoms with E-state index in [1.807, 2.05) is 0 Å². The van der Waals surface area contributed by atoms with Gasteiger partial charge in [0.2, 0.25) is 5.95 Å². The Labute approximate surface area is 148 Å². The Balaban J connectivity index is 1.55. The Morgan fingerprint density at radius 1 is 1.24 bits per heavy atom. The molecular formula is C18H27N5O2. The number of hydrogen-bond acceptors (Lipinski definition) is 5. The molecule has 1 amide bonds. The molecule has 1 saturated carbocycles. The van der Waals surface area contributed by atoms with Gasteiger partial charge >= 0.3 is 6.09 Å². The van der Waals surface area contributed by atoms with Crippen molar-refractivity contribution in [3.05, 3.63) is 11.3 Å². The molecule has 0 aromatic carbocycles. The molecule has 3 N–H and O–H groups in total. The highest BCUT2D eigenvalue weighted by Gasteiger charge is 2.40. The van der Waals surface area contributed by atoms with Gasteiger partial charge < -0.3 is 20.6 Å². The molecular weight excluding hydrogens is 318 g/mol. The van der Waals surface area contributed by atoms with Gasteiger partial charge in [-0.15, -0.1) is 0 Å². The van der Waals surface area contributed by atoms with Gasteiger partial charge in [0, 0.05) is 25.7 Å². The van der Waals surface area contributed by atoms with Crippen molar-refractivity contribution in [2.45, 2.75) is 57.4 Å². The fraction of sp³-hybridized carbons (Fsp3) is 0.722. The molecule has 0 unspecified atom stereocenters. The van der Waals surface area contributed by atoms with Crippen LogP contribution in [0.3, 0.4) is 0 Å². The monoisotopic (exact) mass is 345 g/mol. The molecule has 1 aromatic rings. The lowest BCUT2D eigenvalue weighted by molar-refractivity contribution is 0.129. The predicted molar refractivity (Wildman–Crippen MR) is 95.8 cm³/mol. The summed E-state index contributed by atoms with van der Waals surface area (Å²) >= 11 is 0. The SMILES string of the molecule is CN(C(=O)O)C1CN(c2nc(N)nc3c2CCC2(CCCCC2)C3)C1. The maximum absolute atomic E-state index is 11.1. The number of nitrogens with two attached hydrogens (primary N) is 1. The topological polar surface area (TPSA) is 95.6 Å². The van der Waals surface area contributed by atoms with Gasteiger partial charge in [0.15, 0.2) is 0 Å². The van der Waals surface area contributed by atoms with Gasteiger partial charge in [0.05, 0.1) is 11.7 Å². The van der Waals surface area contributed by atoms with Crippen LogP contribution in [0.5, 0.6) is 0 Å². The minimum atomic E-state index is -0.881. The lowest BCUT2D eigenvalue weighted by Gasteiger charge is -2.46. The van der Waals surface area contributed by atoms with E-state index in [4.69, 9.17) is 10.8 Å². The van der Waals surface area contributed by atoms with Crippen molar-refractivity contribution in [2.24, 2.45) is 5.41 Å². The molecule has 7 nitrogen and oxygen atoms in total. The minimum absolute atomic E-state index is 0.0256. The molecule has 0 atom stereocenters. The van der Waals surface area contributed by atoms with Crippen LogP contribution < -0.4 is 10.6 Å². The number of nitrogen functional groups attached to an aromatic ring is 1. The first-order chi connectivity index (χ1) is 12.0. The highest BCUT2D eigenvalue weighted by atomic mass is 16.4. The number of rotatable bonds is 2. The summed E-state index contributed by atoms with van der Waals surface area (Å²) in [7, 11) is 1.63. The molecule has 1 aromatic heterocycles. The molecule has 2 heterocycles. The van der Waals surface area contributed by atoms with Crippen LogP contribution in [-0.4, -0.2) is 52.2 Å². The quantitative estimate of drug-likeness (QED) is 0.854. The molecule has 4 rings (SSSR count). The van der Waals surface area contributed by atoms with E-state index in [2.05, 4.69) is 14.9 Å². The number of amides is 1. The van der Waals surface area contributed by atoms with Crippen molar-refractivity contribution in [1.82, 2.24) is 14.9 Å². The summed E-state index contributed by atoms with van der Waals surface area (Å²) in [6.45, 7) is 1.35. The molecule has 3 aliphatic rings. The lowest BCUT2D eigenvalue weighted by Crippen LogP contribution is -2.60. The van der Waals surface area contributed by atoms with Crippen LogP contribution in [0.1, 0.15) is 49.8 Å². The second-order valence-corrected chi connectivity index (χ2v) is 8.02. The molecule has 7 heteroatoms. The fourth-order valence-corrected chi connectivity index (χ4v) is 4.79. The minimum Gasteiger partial charge on any atom is -0.465 e. The van der Waals surface area contributed by atoms with E-state index in [9.17, 15) is 4.79 Å². The molecule has 0 bridgehead atoms. The number of carboxylic acid groups (broad SMARTS) is 1. The number of anilines is 2. The van der Waals surface area contributed by atoms with Crippen LogP contribution >= 0.6 is 0 Å². The first-order valence-electron chi connectivity index (χ1n) is 9.33. The first-order valence-corrected chi connectivity index (χ1v) is 9.33. The van der Waals surface area contributed by atoms with Crippen LogP contribution in [0.4, 0.5) is 16.6 Å². The maximum atomic E-state index is 11.1. The number of likely N-dealkylation sites (N-methyl/N-ethyl adjacent to an activating group) is 1. The van der Waals surface area contributed by atoms with E-state index in [0.717, 1.165) is 24.4 Å². The molecule has 2 aliphatic carbocycles. The Bertz CT molecular complexity index is 680. The summed E-state index contributed by atoms with van der Waals surface area (Å²) in [6.07, 6.45) is 9.01. The third-order valence-electron chi connectivity index (χ3n) is 6.46. The standard InChI is InChI=1S/C18H27N5O2/c1-22(17(24)25)12-10-23(11-12)15-13-5-8-18(6-3-2-4-7-18)9-14(13)20-16(19)21-15/h12H,2-11H2,1H3,(H,24,25)(H2,19,20,21). The number of nitrogens with zero attached hydrogens (tertiary/aromatic N) is 4. The fourth-order valence-electron chi connectivity index (χ4n) is 4.79. The number of aromatic nitrogens is 2. The van der Waals surface area contributed by atoms with Crippen molar-refractivity contribution in [3.8, 4) is 0 Å². The Morgan fingerprint density at radius 2 is 1.96 bits per heavy atom. The van der Waals surface area contributed by atoms with Crippen molar-refractivity contribution in [3.63, 3.8) is 0 Å². The number of carbonyl (C=O) groups is 1. The third kappa shape index (κ3) is 2.89. The highest BCUT2D eigenvalue weighted by molar-refractivity contribution is 5.66. The summed E-state index contributed by atoms with van der Waals surface area (Å²) < 4.78 is 0. The average Bonchev–Trinajstić information content (AvgIpc) is 2.53. The third-order valence-corrected chi connectivity index (χ3v) is 6.46. The Kier molecular flexibility index (Phi) is 3.96. The summed E-state index contributed by atoms with van der Waals surface area (Å²) in [6, 6.07) is 0.0256. The number of fused-ring (bicyclic) bond motifs is 1. The average molecular weight is 345 g/mol. The molecule has 0 radical (unpaired) electrons. The van der Waals surface area contributed by atoms with E-state index in [0.29, 0.717) is 24.5 Å². The lowest BCUT2D eigenvalue weighted by atomic mass is 9.65. The van der Waals surface area contributed by atoms with Crippen LogP contribution in [0.25, 0.3) is 0 Å². The zero-order valence-corrected chi connectivity index (χ0v) is 14.9. The van der Waals surface area contributed by atoms with Crippen LogP contribution in [0.2, 0.25) is 0 Å². The van der Waals surface area contributed by atoms with Crippen molar-refractivity contribution < 1.29 is 9.90 Å². The van der Waals surface area contributed by atoms with Crippen LogP contribution in [-0.2, 0) is 12.8 Å². The normalized spacial score (nSPS) is 22.4. The summed E-state index contributed by atoms with van der Waals surface area (Å²) in [5.41, 5.74) is 8.80. The van der Waals surface area contributed by atoms with Gasteiger partial charge in [0.1, 0.15) is 5.82 Å². The van der Waals surface area contributed by atoms with Gasteiger partial charge in [-0.2, -0.15) is 4.98 Å². The van der Waals surface area contributed by atoms with Gasteiger partial charge in [-0.3, -0.25) is 0 Å². The van der Waals surface area contributed by atoms with Gasteiger partial charge in [0.25, 0.3) is 0 Å². The molecule has 1 spiro atoms. The van der Waals surface area contributed by atoms with E-state index in [1.54, 1.807) is 7.05 Å².